The van der Waals surface area contributed by atoms with Crippen LogP contribution in [0, 0.1) is 13.8 Å². The average molecular weight is 248 g/mol. The Kier molecular flexibility index (Phi) is 3.30. The van der Waals surface area contributed by atoms with Gasteiger partial charge in [0.05, 0.1) is 12.5 Å². The highest BCUT2D eigenvalue weighted by atomic mass is 16.5. The second kappa shape index (κ2) is 4.61. The van der Waals surface area contributed by atoms with Crippen LogP contribution in [-0.4, -0.2) is 20.1 Å². The number of carbonyl (C=O) groups is 1. The van der Waals surface area contributed by atoms with Crippen LogP contribution in [0.15, 0.2) is 12.1 Å². The summed E-state index contributed by atoms with van der Waals surface area (Å²) in [7, 11) is 3.36. The summed E-state index contributed by atoms with van der Waals surface area (Å²) < 4.78 is 5.49. The molecule has 0 radical (unpaired) electrons. The maximum Gasteiger partial charge on any atom is 0.244 e. The van der Waals surface area contributed by atoms with Gasteiger partial charge in [0.1, 0.15) is 5.75 Å². The maximum absolute atomic E-state index is 12.2. The van der Waals surface area contributed by atoms with Crippen molar-refractivity contribution in [3.63, 3.8) is 0 Å². The molecule has 1 aromatic rings. The topological polar surface area (TPSA) is 50.4 Å². The normalized spacial score (nSPS) is 16.2. The van der Waals surface area contributed by atoms with Crippen LogP contribution in [0.25, 0.3) is 0 Å². The molecule has 0 spiro atoms. The smallest absolute Gasteiger partial charge is 0.244 e. The predicted molar refractivity (Wildman–Crippen MR) is 70.6 cm³/mol. The first-order valence-corrected chi connectivity index (χ1v) is 6.18. The zero-order valence-corrected chi connectivity index (χ0v) is 11.4. The lowest BCUT2D eigenvalue weighted by Crippen LogP contribution is -2.41. The van der Waals surface area contributed by atoms with Gasteiger partial charge in [0.25, 0.3) is 0 Å². The van der Waals surface area contributed by atoms with Crippen LogP contribution >= 0.6 is 0 Å². The number of hydrogen-bond acceptors (Lipinski definition) is 3. The number of ether oxygens (including phenoxy) is 1. The Morgan fingerprint density at radius 1 is 1.33 bits per heavy atom. The summed E-state index contributed by atoms with van der Waals surface area (Å²) in [5, 5.41) is 0. The molecule has 1 fully saturated rings. The van der Waals surface area contributed by atoms with E-state index in [1.54, 1.807) is 14.2 Å². The fourth-order valence-electron chi connectivity index (χ4n) is 2.56. The molecule has 0 aromatic heterocycles. The number of aryl methyl sites for hydroxylation is 2. The first-order valence-electron chi connectivity index (χ1n) is 6.18. The Morgan fingerprint density at radius 2 is 2.00 bits per heavy atom. The zero-order valence-electron chi connectivity index (χ0n) is 11.4. The molecule has 98 valence electrons. The van der Waals surface area contributed by atoms with Gasteiger partial charge in [0.15, 0.2) is 0 Å². The van der Waals surface area contributed by atoms with Gasteiger partial charge in [-0.05, 0) is 32.3 Å². The fourth-order valence-corrected chi connectivity index (χ4v) is 2.56. The molecule has 2 N–H and O–H groups in total. The van der Waals surface area contributed by atoms with Crippen LogP contribution < -0.4 is 15.6 Å². The second-order valence-corrected chi connectivity index (χ2v) is 4.95. The molecule has 0 bridgehead atoms. The van der Waals surface area contributed by atoms with E-state index in [4.69, 9.17) is 4.74 Å². The predicted octanol–water partition coefficient (Wildman–Crippen LogP) is 1.59. The number of benzene rings is 1. The average Bonchev–Trinajstić information content (AvgIpc) is 3.09. The third kappa shape index (κ3) is 1.97. The summed E-state index contributed by atoms with van der Waals surface area (Å²) in [6.45, 7) is 4.06. The van der Waals surface area contributed by atoms with Gasteiger partial charge < -0.3 is 4.74 Å². The molecule has 0 atom stereocenters. The molecule has 0 unspecified atom stereocenters. The molecule has 1 aromatic carbocycles. The molecule has 1 amide bonds. The monoisotopic (exact) mass is 248 g/mol. The molecular formula is C14H20N2O2. The van der Waals surface area contributed by atoms with Gasteiger partial charge in [-0.1, -0.05) is 17.7 Å². The van der Waals surface area contributed by atoms with E-state index in [1.807, 2.05) is 13.8 Å². The number of carbonyl (C=O) groups excluding carboxylic acids is 1. The minimum atomic E-state index is -0.412. The van der Waals surface area contributed by atoms with Crippen LogP contribution in [0.5, 0.6) is 5.75 Å². The summed E-state index contributed by atoms with van der Waals surface area (Å²) in [5.74, 6) is 0.859. The third-order valence-electron chi connectivity index (χ3n) is 3.56. The number of rotatable bonds is 4. The number of methoxy groups -OCH3 is 1. The first kappa shape index (κ1) is 12.9. The van der Waals surface area contributed by atoms with Crippen molar-refractivity contribution in [3.05, 3.63) is 28.8 Å². The summed E-state index contributed by atoms with van der Waals surface area (Å²) in [4.78, 5) is 12.2. The number of hydrazine groups is 1. The van der Waals surface area contributed by atoms with E-state index in [1.165, 1.54) is 0 Å². The molecule has 2 rings (SSSR count). The Balaban J connectivity index is 2.47. The van der Waals surface area contributed by atoms with Gasteiger partial charge in [-0.2, -0.15) is 0 Å². The summed E-state index contributed by atoms with van der Waals surface area (Å²) in [5.41, 5.74) is 8.24. The SMILES string of the molecule is CNNC(=O)C1(c2cc(C)cc(C)c2OC)CC1. The van der Waals surface area contributed by atoms with Gasteiger partial charge in [-0.25, -0.2) is 5.43 Å². The Bertz CT molecular complexity index is 479. The summed E-state index contributed by atoms with van der Waals surface area (Å²) in [6.07, 6.45) is 1.75. The molecule has 0 saturated heterocycles. The molecular weight excluding hydrogens is 228 g/mol. The Morgan fingerprint density at radius 3 is 2.50 bits per heavy atom. The van der Waals surface area contributed by atoms with Gasteiger partial charge in [-0.15, -0.1) is 0 Å². The maximum atomic E-state index is 12.2. The quantitative estimate of drug-likeness (QED) is 0.796. The Hall–Kier alpha value is -1.55. The van der Waals surface area contributed by atoms with E-state index in [0.29, 0.717) is 0 Å². The second-order valence-electron chi connectivity index (χ2n) is 4.95. The van der Waals surface area contributed by atoms with Crippen molar-refractivity contribution in [2.24, 2.45) is 0 Å². The summed E-state index contributed by atoms with van der Waals surface area (Å²) >= 11 is 0. The third-order valence-corrected chi connectivity index (χ3v) is 3.56. The fraction of sp³-hybridized carbons (Fsp3) is 0.500. The van der Waals surface area contributed by atoms with Gasteiger partial charge in [0, 0.05) is 12.6 Å². The van der Waals surface area contributed by atoms with Crippen molar-refractivity contribution < 1.29 is 9.53 Å². The zero-order chi connectivity index (χ0) is 13.3. The van der Waals surface area contributed by atoms with E-state index in [2.05, 4.69) is 23.0 Å². The van der Waals surface area contributed by atoms with Crippen molar-refractivity contribution >= 4 is 5.91 Å². The highest BCUT2D eigenvalue weighted by molar-refractivity contribution is 5.92. The lowest BCUT2D eigenvalue weighted by Gasteiger charge is -2.20. The minimum absolute atomic E-state index is 0.0216. The molecule has 0 heterocycles. The molecule has 1 aliphatic carbocycles. The standard InChI is InChI=1S/C14H20N2O2/c1-9-7-10(2)12(18-4)11(8-9)14(5-6-14)13(17)16-15-3/h7-8,15H,5-6H2,1-4H3,(H,16,17). The number of amides is 1. The lowest BCUT2D eigenvalue weighted by molar-refractivity contribution is -0.124. The van der Waals surface area contributed by atoms with E-state index >= 15 is 0 Å². The van der Waals surface area contributed by atoms with Gasteiger partial charge in [0.2, 0.25) is 5.91 Å². The van der Waals surface area contributed by atoms with Crippen LogP contribution in [0.1, 0.15) is 29.5 Å². The van der Waals surface area contributed by atoms with E-state index in [9.17, 15) is 4.79 Å². The van der Waals surface area contributed by atoms with Crippen LogP contribution in [-0.2, 0) is 10.2 Å². The van der Waals surface area contributed by atoms with E-state index in [0.717, 1.165) is 35.3 Å². The molecule has 18 heavy (non-hydrogen) atoms. The first-order chi connectivity index (χ1) is 8.55. The Labute approximate surface area is 108 Å². The highest BCUT2D eigenvalue weighted by Gasteiger charge is 2.53. The summed E-state index contributed by atoms with van der Waals surface area (Å²) in [6, 6.07) is 4.14. The van der Waals surface area contributed by atoms with Crippen molar-refractivity contribution in [2.45, 2.75) is 32.1 Å². The van der Waals surface area contributed by atoms with Crippen molar-refractivity contribution in [3.8, 4) is 5.75 Å². The number of nitrogens with one attached hydrogen (secondary N) is 2. The molecule has 4 heteroatoms. The minimum Gasteiger partial charge on any atom is -0.496 e. The van der Waals surface area contributed by atoms with Crippen molar-refractivity contribution in [2.75, 3.05) is 14.2 Å². The highest BCUT2D eigenvalue weighted by Crippen LogP contribution is 2.52. The van der Waals surface area contributed by atoms with E-state index in [-0.39, 0.29) is 5.91 Å². The van der Waals surface area contributed by atoms with Gasteiger partial charge in [-0.3, -0.25) is 10.2 Å². The van der Waals surface area contributed by atoms with Crippen LogP contribution in [0.4, 0.5) is 0 Å². The molecule has 1 saturated carbocycles. The largest absolute Gasteiger partial charge is 0.496 e. The molecule has 0 aliphatic heterocycles. The van der Waals surface area contributed by atoms with E-state index < -0.39 is 5.41 Å². The lowest BCUT2D eigenvalue weighted by atomic mass is 9.91. The van der Waals surface area contributed by atoms with Gasteiger partial charge >= 0.3 is 0 Å². The number of hydrogen-bond donors (Lipinski definition) is 2. The molecule has 1 aliphatic rings. The molecule has 4 nitrogen and oxygen atoms in total. The van der Waals surface area contributed by atoms with Crippen molar-refractivity contribution in [1.82, 2.24) is 10.9 Å². The van der Waals surface area contributed by atoms with Crippen LogP contribution in [0.2, 0.25) is 0 Å². The van der Waals surface area contributed by atoms with Crippen molar-refractivity contribution in [1.29, 1.82) is 0 Å². The van der Waals surface area contributed by atoms with Crippen LogP contribution in [0.3, 0.4) is 0 Å².